The highest BCUT2D eigenvalue weighted by Crippen LogP contribution is 2.60. The fourth-order valence-electron chi connectivity index (χ4n) is 10.4. The quantitative estimate of drug-likeness (QED) is 0.0818. The summed E-state index contributed by atoms with van der Waals surface area (Å²) >= 11 is 0. The fraction of sp³-hybridized carbons (Fsp3) is 0.542. The minimum atomic E-state index is -0.897. The van der Waals surface area contributed by atoms with Crippen molar-refractivity contribution in [3.63, 3.8) is 0 Å². The monoisotopic (exact) mass is 762 g/mol. The van der Waals surface area contributed by atoms with E-state index in [2.05, 4.69) is 11.9 Å². The zero-order chi connectivity index (χ0) is 38.6. The number of ether oxygens (including phenoxy) is 4. The summed E-state index contributed by atoms with van der Waals surface area (Å²) in [5.41, 5.74) is 3.44. The SMILES string of the molecule is C=CCCC(=O)N1[C@H](COCc2ccccc2)[C@H](OCc2ccccc2)[C@H](OCc2ccccc2)[C@H]1C(=O)NCCCCCOCC12CC3CC(CC(C3)C1)C2. The van der Waals surface area contributed by atoms with Crippen LogP contribution in [0.4, 0.5) is 0 Å². The lowest BCUT2D eigenvalue weighted by Crippen LogP contribution is -2.53. The number of rotatable bonds is 22. The van der Waals surface area contributed by atoms with Gasteiger partial charge in [0.15, 0.2) is 0 Å². The van der Waals surface area contributed by atoms with E-state index in [0.29, 0.717) is 31.6 Å². The number of nitrogens with one attached hydrogen (secondary N) is 1. The van der Waals surface area contributed by atoms with Crippen LogP contribution >= 0.6 is 0 Å². The van der Waals surface area contributed by atoms with Gasteiger partial charge in [-0.3, -0.25) is 9.59 Å². The molecule has 1 heterocycles. The van der Waals surface area contributed by atoms with Crippen molar-refractivity contribution in [2.24, 2.45) is 23.2 Å². The Kier molecular flexibility index (Phi) is 14.5. The molecular formula is C48H62N2O6. The van der Waals surface area contributed by atoms with Gasteiger partial charge in [-0.25, -0.2) is 0 Å². The highest BCUT2D eigenvalue weighted by atomic mass is 16.5. The molecule has 1 aliphatic heterocycles. The Bertz CT molecular complexity index is 1630. The van der Waals surface area contributed by atoms with Gasteiger partial charge in [-0.1, -0.05) is 97.1 Å². The van der Waals surface area contributed by atoms with Crippen molar-refractivity contribution >= 4 is 11.8 Å². The first-order valence-corrected chi connectivity index (χ1v) is 21.2. The van der Waals surface area contributed by atoms with Crippen LogP contribution in [-0.4, -0.2) is 67.4 Å². The molecule has 300 valence electrons. The summed E-state index contributed by atoms with van der Waals surface area (Å²) in [6, 6.07) is 28.4. The summed E-state index contributed by atoms with van der Waals surface area (Å²) in [6.45, 7) is 7.19. The highest BCUT2D eigenvalue weighted by molar-refractivity contribution is 5.89. The van der Waals surface area contributed by atoms with E-state index in [4.69, 9.17) is 18.9 Å². The number of amides is 2. The molecule has 2 amide bonds. The van der Waals surface area contributed by atoms with E-state index in [-0.39, 0.29) is 31.4 Å². The van der Waals surface area contributed by atoms with Crippen LogP contribution in [0.15, 0.2) is 104 Å². The summed E-state index contributed by atoms with van der Waals surface area (Å²) in [5, 5.41) is 3.20. The standard InChI is InChI=1S/C48H62N2O6/c1-2-3-22-43(51)50-42(34-54-31-36-16-8-4-9-17-36)45(55-32-37-18-10-5-11-19-37)46(56-33-38-20-12-6-13-21-38)44(50)47(52)49-23-14-7-15-24-53-35-48-28-39-25-40(29-48)27-41(26-39)30-48/h2,4-6,8-13,16-21,39-42,44-46H,1,3,7,14-15,22-35H2,(H,49,52)/t39?,40?,41?,42-,44+,45+,46-,48?/m1/s1. The summed E-state index contributed by atoms with van der Waals surface area (Å²) in [5.74, 6) is 2.44. The second kappa shape index (κ2) is 20.0. The van der Waals surface area contributed by atoms with E-state index in [0.717, 1.165) is 66.9 Å². The summed E-state index contributed by atoms with van der Waals surface area (Å²) < 4.78 is 26.1. The van der Waals surface area contributed by atoms with Crippen LogP contribution in [0.1, 0.15) is 87.3 Å². The average Bonchev–Trinajstić information content (AvgIpc) is 3.52. The smallest absolute Gasteiger partial charge is 0.245 e. The molecule has 5 aliphatic rings. The molecule has 4 aliphatic carbocycles. The molecule has 4 atom stereocenters. The Hall–Kier alpha value is -3.82. The highest BCUT2D eigenvalue weighted by Gasteiger charge is 2.55. The van der Waals surface area contributed by atoms with Gasteiger partial charge in [0.25, 0.3) is 0 Å². The normalized spacial score (nSPS) is 27.7. The molecule has 0 unspecified atom stereocenters. The summed E-state index contributed by atoms with van der Waals surface area (Å²) in [6.07, 6.45) is 12.3. The van der Waals surface area contributed by atoms with Gasteiger partial charge in [0.1, 0.15) is 18.2 Å². The van der Waals surface area contributed by atoms with Crippen molar-refractivity contribution in [1.29, 1.82) is 0 Å². The molecule has 56 heavy (non-hydrogen) atoms. The lowest BCUT2D eigenvalue weighted by atomic mass is 9.50. The Morgan fingerprint density at radius 2 is 1.27 bits per heavy atom. The zero-order valence-electron chi connectivity index (χ0n) is 33.1. The molecule has 1 saturated heterocycles. The number of hydrogen-bond donors (Lipinski definition) is 1. The molecule has 4 saturated carbocycles. The van der Waals surface area contributed by atoms with Crippen molar-refractivity contribution < 1.29 is 28.5 Å². The van der Waals surface area contributed by atoms with Gasteiger partial charge < -0.3 is 29.2 Å². The Labute approximate surface area is 334 Å². The van der Waals surface area contributed by atoms with Crippen molar-refractivity contribution in [3.8, 4) is 0 Å². The molecular weight excluding hydrogens is 701 g/mol. The molecule has 5 fully saturated rings. The Morgan fingerprint density at radius 1 is 0.714 bits per heavy atom. The van der Waals surface area contributed by atoms with Gasteiger partial charge >= 0.3 is 0 Å². The predicted molar refractivity (Wildman–Crippen MR) is 218 cm³/mol. The number of nitrogens with zero attached hydrogens (tertiary/aromatic N) is 1. The molecule has 8 nitrogen and oxygen atoms in total. The third-order valence-electron chi connectivity index (χ3n) is 12.6. The Morgan fingerprint density at radius 3 is 1.84 bits per heavy atom. The van der Waals surface area contributed by atoms with Gasteiger partial charge in [0.2, 0.25) is 11.8 Å². The van der Waals surface area contributed by atoms with Crippen molar-refractivity contribution in [3.05, 3.63) is 120 Å². The number of carbonyl (C=O) groups is 2. The maximum atomic E-state index is 14.4. The van der Waals surface area contributed by atoms with Gasteiger partial charge in [-0.2, -0.15) is 0 Å². The minimum absolute atomic E-state index is 0.145. The van der Waals surface area contributed by atoms with E-state index >= 15 is 0 Å². The van der Waals surface area contributed by atoms with E-state index in [1.807, 2.05) is 91.0 Å². The molecule has 0 aromatic heterocycles. The molecule has 1 N–H and O–H groups in total. The van der Waals surface area contributed by atoms with E-state index in [1.165, 1.54) is 38.5 Å². The van der Waals surface area contributed by atoms with Crippen LogP contribution in [0.2, 0.25) is 0 Å². The molecule has 0 spiro atoms. The van der Waals surface area contributed by atoms with Crippen LogP contribution < -0.4 is 5.32 Å². The zero-order valence-corrected chi connectivity index (χ0v) is 33.1. The Balaban J connectivity index is 1.02. The molecule has 3 aromatic rings. The van der Waals surface area contributed by atoms with Crippen LogP contribution in [0, 0.1) is 23.2 Å². The van der Waals surface area contributed by atoms with Gasteiger partial charge in [0, 0.05) is 19.6 Å². The first-order chi connectivity index (χ1) is 27.5. The van der Waals surface area contributed by atoms with E-state index in [9.17, 15) is 9.59 Å². The first-order valence-electron chi connectivity index (χ1n) is 21.2. The topological polar surface area (TPSA) is 86.3 Å². The van der Waals surface area contributed by atoms with E-state index < -0.39 is 24.3 Å². The third-order valence-corrected chi connectivity index (χ3v) is 12.6. The van der Waals surface area contributed by atoms with Crippen LogP contribution in [0.25, 0.3) is 0 Å². The molecule has 4 bridgehead atoms. The van der Waals surface area contributed by atoms with Crippen LogP contribution in [0.5, 0.6) is 0 Å². The second-order valence-corrected chi connectivity index (χ2v) is 17.0. The number of unbranched alkanes of at least 4 members (excludes halogenated alkanes) is 2. The molecule has 8 rings (SSSR count). The maximum Gasteiger partial charge on any atom is 0.245 e. The minimum Gasteiger partial charge on any atom is -0.381 e. The third kappa shape index (κ3) is 10.6. The maximum absolute atomic E-state index is 14.4. The largest absolute Gasteiger partial charge is 0.381 e. The van der Waals surface area contributed by atoms with E-state index in [1.54, 1.807) is 11.0 Å². The number of hydrogen-bond acceptors (Lipinski definition) is 6. The first kappa shape index (κ1) is 40.4. The van der Waals surface area contributed by atoms with Crippen molar-refractivity contribution in [2.75, 3.05) is 26.4 Å². The number of benzene rings is 3. The summed E-state index contributed by atoms with van der Waals surface area (Å²) in [7, 11) is 0. The van der Waals surface area contributed by atoms with Crippen molar-refractivity contribution in [1.82, 2.24) is 10.2 Å². The lowest BCUT2D eigenvalue weighted by Gasteiger charge is -2.56. The second-order valence-electron chi connectivity index (χ2n) is 17.0. The number of carbonyl (C=O) groups excluding carboxylic acids is 2. The molecule has 8 heteroatoms. The van der Waals surface area contributed by atoms with Gasteiger partial charge in [-0.05, 0) is 104 Å². The molecule has 3 aromatic carbocycles. The van der Waals surface area contributed by atoms with Crippen LogP contribution in [-0.2, 0) is 48.4 Å². The van der Waals surface area contributed by atoms with Crippen molar-refractivity contribution in [2.45, 2.75) is 115 Å². The predicted octanol–water partition coefficient (Wildman–Crippen LogP) is 8.44. The van der Waals surface area contributed by atoms with Gasteiger partial charge in [0.05, 0.1) is 39.1 Å². The summed E-state index contributed by atoms with van der Waals surface area (Å²) in [4.78, 5) is 30.3. The number of allylic oxidation sites excluding steroid dienone is 1. The fourth-order valence-corrected chi connectivity index (χ4v) is 10.4. The van der Waals surface area contributed by atoms with Gasteiger partial charge in [-0.15, -0.1) is 6.58 Å². The average molecular weight is 763 g/mol. The van der Waals surface area contributed by atoms with Crippen LogP contribution in [0.3, 0.4) is 0 Å². The number of likely N-dealkylation sites (tertiary alicyclic amines) is 1. The lowest BCUT2D eigenvalue weighted by molar-refractivity contribution is -0.144. The molecule has 0 radical (unpaired) electrons.